The predicted octanol–water partition coefficient (Wildman–Crippen LogP) is 0.209. The summed E-state index contributed by atoms with van der Waals surface area (Å²) in [7, 11) is 2.95. The molecule has 0 aliphatic rings. The number of methoxy groups -OCH3 is 2. The second-order valence-electron chi connectivity index (χ2n) is 1.97. The van der Waals surface area contributed by atoms with Gasteiger partial charge < -0.3 is 0 Å². The topological polar surface area (TPSA) is 44.8 Å². The first-order valence-electron chi connectivity index (χ1n) is 3.22. The molecule has 0 aromatic heterocycles. The van der Waals surface area contributed by atoms with E-state index in [2.05, 4.69) is 6.58 Å². The molecule has 0 aromatic rings. The third-order valence-electron chi connectivity index (χ3n) is 1.23. The first kappa shape index (κ1) is 11.8. The quantitative estimate of drug-likeness (QED) is 0.280. The summed E-state index contributed by atoms with van der Waals surface area (Å²) in [5.41, 5.74) is 0. The fourth-order valence-electron chi connectivity index (χ4n) is 0.426. The van der Waals surface area contributed by atoms with Crippen LogP contribution in [0.1, 0.15) is 0 Å². The second kappa shape index (κ2) is 5.48. The molecule has 5 heteroatoms. The van der Waals surface area contributed by atoms with Crippen LogP contribution in [0.4, 0.5) is 0 Å². The van der Waals surface area contributed by atoms with Crippen LogP contribution in [-0.4, -0.2) is 30.9 Å². The van der Waals surface area contributed by atoms with Gasteiger partial charge in [-0.3, -0.25) is 0 Å². The van der Waals surface area contributed by atoms with Crippen molar-refractivity contribution in [1.29, 1.82) is 0 Å². The van der Waals surface area contributed by atoms with Gasteiger partial charge in [-0.25, -0.2) is 0 Å². The molecule has 0 saturated heterocycles. The van der Waals surface area contributed by atoms with E-state index in [1.807, 2.05) is 0 Å². The Kier molecular flexibility index (Phi) is 5.41. The van der Waals surface area contributed by atoms with Crippen LogP contribution in [0.15, 0.2) is 12.7 Å². The first-order valence-corrected chi connectivity index (χ1v) is 4.00. The van der Waals surface area contributed by atoms with Gasteiger partial charge in [-0.1, -0.05) is 0 Å². The zero-order chi connectivity index (χ0) is 9.61. The van der Waals surface area contributed by atoms with Gasteiger partial charge in [-0.2, -0.15) is 0 Å². The molecule has 0 N–H and O–H groups in total. The molecule has 0 radical (unpaired) electrons. The van der Waals surface area contributed by atoms with Crippen molar-refractivity contribution in [1.82, 2.24) is 0 Å². The van der Waals surface area contributed by atoms with Crippen molar-refractivity contribution < 1.29 is 39.4 Å². The molecule has 0 bridgehead atoms. The van der Waals surface area contributed by atoms with Gasteiger partial charge in [-0.15, -0.1) is 0 Å². The summed E-state index contributed by atoms with van der Waals surface area (Å²) in [6.07, 6.45) is 1.09. The van der Waals surface area contributed by atoms with Crippen molar-refractivity contribution in [2.24, 2.45) is 0 Å². The minimum absolute atomic E-state index is 0.0465. The van der Waals surface area contributed by atoms with Crippen molar-refractivity contribution in [3.63, 3.8) is 0 Å². The van der Waals surface area contributed by atoms with E-state index < -0.39 is 10.1 Å². The Morgan fingerprint density at radius 3 is 2.42 bits per heavy atom. The fraction of sp³-hybridized carbons (Fsp3) is 0.571. The van der Waals surface area contributed by atoms with Crippen LogP contribution in [0, 0.1) is 0 Å². The predicted molar refractivity (Wildman–Crippen MR) is 37.9 cm³/mol. The van der Waals surface area contributed by atoms with Crippen molar-refractivity contribution in [2.75, 3.05) is 20.8 Å². The molecule has 67 valence electrons. The molecule has 12 heavy (non-hydrogen) atoms. The monoisotopic (exact) mass is 207 g/mol. The van der Waals surface area contributed by atoms with Crippen LogP contribution in [-0.2, 0) is 39.4 Å². The van der Waals surface area contributed by atoms with Crippen molar-refractivity contribution in [3.8, 4) is 0 Å². The van der Waals surface area contributed by atoms with E-state index in [9.17, 15) is 4.79 Å². The van der Waals surface area contributed by atoms with Gasteiger partial charge in [0.05, 0.1) is 0 Å². The Morgan fingerprint density at radius 2 is 2.08 bits per heavy atom. The Bertz CT molecular complexity index is 165. The summed E-state index contributed by atoms with van der Waals surface area (Å²) in [5, 5.41) is 0. The molecule has 0 aliphatic heterocycles. The van der Waals surface area contributed by atoms with E-state index in [4.69, 9.17) is 14.2 Å². The molecule has 0 aromatic carbocycles. The molecule has 0 spiro atoms. The average molecular weight is 207 g/mol. The summed E-state index contributed by atoms with van der Waals surface area (Å²) in [4.78, 5) is 10.6. The third kappa shape index (κ3) is 4.02. The van der Waals surface area contributed by atoms with Gasteiger partial charge in [-0.05, 0) is 0 Å². The van der Waals surface area contributed by atoms with Crippen LogP contribution >= 0.6 is 0 Å². The van der Waals surface area contributed by atoms with Crippen LogP contribution in [0.2, 0.25) is 0 Å². The number of rotatable bonds is 5. The molecular formula is C7H11O4Ti. The van der Waals surface area contributed by atoms with E-state index in [0.29, 0.717) is 0 Å². The van der Waals surface area contributed by atoms with Gasteiger partial charge in [0.25, 0.3) is 0 Å². The van der Waals surface area contributed by atoms with E-state index >= 15 is 0 Å². The number of hydrogen-bond donors (Lipinski definition) is 0. The number of carbonyl (C=O) groups is 1. The van der Waals surface area contributed by atoms with Crippen molar-refractivity contribution in [3.05, 3.63) is 12.7 Å². The van der Waals surface area contributed by atoms with E-state index in [1.54, 1.807) is 20.4 Å². The number of esters is 1. The van der Waals surface area contributed by atoms with Gasteiger partial charge in [0.2, 0.25) is 0 Å². The molecule has 0 fully saturated rings. The first-order chi connectivity index (χ1) is 5.58. The summed E-state index contributed by atoms with van der Waals surface area (Å²) in [6, 6.07) is 0. The Labute approximate surface area is 83.3 Å². The van der Waals surface area contributed by atoms with Crippen LogP contribution in [0.3, 0.4) is 0 Å². The molecule has 0 aliphatic carbocycles. The van der Waals surface area contributed by atoms with Gasteiger partial charge in [0, 0.05) is 0 Å². The second-order valence-corrected chi connectivity index (χ2v) is 3.16. The normalized spacial score (nSPS) is 10.8. The average Bonchev–Trinajstić information content (AvgIpc) is 2.13. The zero-order valence-corrected chi connectivity index (χ0v) is 8.69. The fourth-order valence-corrected chi connectivity index (χ4v) is 0.539. The Hall–Kier alpha value is -0.156. The Balaban J connectivity index is 3.88. The maximum atomic E-state index is 10.6. The molecule has 0 amide bonds. The molecule has 4 nitrogen and oxygen atoms in total. The molecule has 0 heterocycles. The molecule has 0 unspecified atom stereocenters. The SMILES string of the molecule is C=CC(=O)OC[C]([Ti])(OC)OC. The van der Waals surface area contributed by atoms with Crippen molar-refractivity contribution in [2.45, 2.75) is 4.09 Å². The van der Waals surface area contributed by atoms with Crippen LogP contribution in [0.25, 0.3) is 0 Å². The standard InChI is InChI=1S/C7H11O4.Ti/c1-4-6(8)11-5-7(9-2)10-3;/h4H,1,5H2,2-3H3;. The summed E-state index contributed by atoms with van der Waals surface area (Å²) in [5.74, 6) is -0.490. The summed E-state index contributed by atoms with van der Waals surface area (Å²) in [6.45, 7) is 3.30. The third-order valence-corrected chi connectivity index (χ3v) is 2.09. The Morgan fingerprint density at radius 1 is 1.58 bits per heavy atom. The van der Waals surface area contributed by atoms with E-state index in [0.717, 1.165) is 6.08 Å². The van der Waals surface area contributed by atoms with Gasteiger partial charge >= 0.3 is 83.0 Å². The van der Waals surface area contributed by atoms with Crippen LogP contribution < -0.4 is 0 Å². The number of hydrogen-bond acceptors (Lipinski definition) is 4. The van der Waals surface area contributed by atoms with E-state index in [1.165, 1.54) is 14.2 Å². The molecule has 0 rings (SSSR count). The molecule has 0 saturated carbocycles. The van der Waals surface area contributed by atoms with Gasteiger partial charge in [0.15, 0.2) is 0 Å². The van der Waals surface area contributed by atoms with Crippen LogP contribution in [0.5, 0.6) is 0 Å². The van der Waals surface area contributed by atoms with E-state index in [-0.39, 0.29) is 6.61 Å². The maximum absolute atomic E-state index is 10.6. The number of ether oxygens (including phenoxy) is 3. The summed E-state index contributed by atoms with van der Waals surface area (Å²) < 4.78 is 13.8. The number of carbonyl (C=O) groups excluding carboxylic acids is 1. The van der Waals surface area contributed by atoms with Gasteiger partial charge in [0.1, 0.15) is 0 Å². The van der Waals surface area contributed by atoms with Crippen molar-refractivity contribution >= 4 is 5.97 Å². The molecule has 0 atom stereocenters. The zero-order valence-electron chi connectivity index (χ0n) is 7.12. The minimum atomic E-state index is -0.876. The molecular weight excluding hydrogens is 196 g/mol. The summed E-state index contributed by atoms with van der Waals surface area (Å²) >= 11 is 1.67.